The zero-order valence-corrected chi connectivity index (χ0v) is 12.1. The van der Waals surface area contributed by atoms with E-state index in [0.717, 1.165) is 17.9 Å². The maximum atomic E-state index is 6.19. The molecule has 0 amide bonds. The van der Waals surface area contributed by atoms with Gasteiger partial charge in [0, 0.05) is 29.0 Å². The number of nitrogens with zero attached hydrogens (tertiary/aromatic N) is 2. The fourth-order valence-corrected chi connectivity index (χ4v) is 2.61. The van der Waals surface area contributed by atoms with Crippen molar-refractivity contribution in [2.45, 2.75) is 25.9 Å². The van der Waals surface area contributed by atoms with Crippen LogP contribution in [0.25, 0.3) is 0 Å². The molecule has 19 heavy (non-hydrogen) atoms. The van der Waals surface area contributed by atoms with Crippen molar-refractivity contribution in [1.29, 1.82) is 0 Å². The van der Waals surface area contributed by atoms with Crippen molar-refractivity contribution in [1.82, 2.24) is 15.0 Å². The highest BCUT2D eigenvalue weighted by atomic mass is 35.5. The molecule has 0 saturated heterocycles. The van der Waals surface area contributed by atoms with E-state index in [1.165, 1.54) is 0 Å². The third kappa shape index (κ3) is 3.09. The van der Waals surface area contributed by atoms with Gasteiger partial charge in [-0.15, -0.1) is 0 Å². The number of halogens is 2. The fourth-order valence-electron chi connectivity index (χ4n) is 2.05. The summed E-state index contributed by atoms with van der Waals surface area (Å²) >= 11 is 12.4. The molecule has 1 aromatic heterocycles. The molecule has 0 aliphatic carbocycles. The smallest absolute Gasteiger partial charge is 0.127 e. The highest BCUT2D eigenvalue weighted by molar-refractivity contribution is 6.36. The molecule has 0 fully saturated rings. The molecule has 1 unspecified atom stereocenters. The zero-order valence-electron chi connectivity index (χ0n) is 10.6. The molecule has 1 atom stereocenters. The Morgan fingerprint density at radius 3 is 2.63 bits per heavy atom. The quantitative estimate of drug-likeness (QED) is 0.659. The molecule has 2 rings (SSSR count). The van der Waals surface area contributed by atoms with Crippen LogP contribution in [-0.4, -0.2) is 9.55 Å². The second-order valence-electron chi connectivity index (χ2n) is 4.20. The summed E-state index contributed by atoms with van der Waals surface area (Å²) in [6, 6.07) is 5.34. The number of aromatic nitrogens is 2. The molecule has 0 bridgehead atoms. The predicted molar refractivity (Wildman–Crippen MR) is 78.1 cm³/mol. The van der Waals surface area contributed by atoms with Crippen molar-refractivity contribution in [2.75, 3.05) is 0 Å². The van der Waals surface area contributed by atoms with Crippen LogP contribution in [0.1, 0.15) is 24.4 Å². The molecule has 3 N–H and O–H groups in total. The number of nitrogens with one attached hydrogen (secondary N) is 1. The van der Waals surface area contributed by atoms with Gasteiger partial charge in [-0.3, -0.25) is 5.84 Å². The molecule has 0 spiro atoms. The van der Waals surface area contributed by atoms with Crippen molar-refractivity contribution >= 4 is 23.2 Å². The number of hydrazine groups is 1. The highest BCUT2D eigenvalue weighted by Crippen LogP contribution is 2.28. The van der Waals surface area contributed by atoms with Gasteiger partial charge < -0.3 is 4.57 Å². The zero-order chi connectivity index (χ0) is 13.8. The molecule has 0 aliphatic rings. The Balaban J connectivity index is 2.29. The number of benzene rings is 1. The van der Waals surface area contributed by atoms with Gasteiger partial charge in [0.2, 0.25) is 0 Å². The first-order valence-electron chi connectivity index (χ1n) is 6.07. The van der Waals surface area contributed by atoms with Crippen molar-refractivity contribution < 1.29 is 0 Å². The standard InChI is InChI=1S/C13H16Cl2N4/c1-2-19-7-6-17-13(19)12(18-16)8-9-10(14)4-3-5-11(9)15/h3-7,12,18H,2,8,16H2,1H3. The van der Waals surface area contributed by atoms with Gasteiger partial charge in [0.05, 0.1) is 6.04 Å². The number of nitrogens with two attached hydrogens (primary N) is 1. The lowest BCUT2D eigenvalue weighted by atomic mass is 10.1. The third-order valence-electron chi connectivity index (χ3n) is 3.07. The Bertz CT molecular complexity index is 533. The van der Waals surface area contributed by atoms with Crippen LogP contribution in [-0.2, 0) is 13.0 Å². The first-order valence-corrected chi connectivity index (χ1v) is 6.83. The van der Waals surface area contributed by atoms with E-state index in [1.807, 2.05) is 29.0 Å². The summed E-state index contributed by atoms with van der Waals surface area (Å²) in [6.07, 6.45) is 4.28. The van der Waals surface area contributed by atoms with E-state index in [4.69, 9.17) is 29.0 Å². The summed E-state index contributed by atoms with van der Waals surface area (Å²) in [7, 11) is 0. The molecule has 0 saturated carbocycles. The Hall–Kier alpha value is -1.07. The van der Waals surface area contributed by atoms with E-state index in [1.54, 1.807) is 6.20 Å². The van der Waals surface area contributed by atoms with Gasteiger partial charge in [0.25, 0.3) is 0 Å². The minimum atomic E-state index is -0.132. The summed E-state index contributed by atoms with van der Waals surface area (Å²) in [5, 5.41) is 1.28. The molecule has 0 aliphatic heterocycles. The fraction of sp³-hybridized carbons (Fsp3) is 0.308. The molecule has 1 aromatic carbocycles. The van der Waals surface area contributed by atoms with Gasteiger partial charge in [-0.05, 0) is 31.0 Å². The molecular weight excluding hydrogens is 283 g/mol. The summed E-state index contributed by atoms with van der Waals surface area (Å²) < 4.78 is 2.04. The van der Waals surface area contributed by atoms with Gasteiger partial charge in [0.15, 0.2) is 0 Å². The van der Waals surface area contributed by atoms with Gasteiger partial charge in [-0.1, -0.05) is 29.3 Å². The Morgan fingerprint density at radius 2 is 2.05 bits per heavy atom. The van der Waals surface area contributed by atoms with Crippen molar-refractivity contribution in [3.05, 3.63) is 52.0 Å². The minimum absolute atomic E-state index is 0.132. The number of rotatable bonds is 5. The van der Waals surface area contributed by atoms with Crippen LogP contribution in [0.3, 0.4) is 0 Å². The average molecular weight is 299 g/mol. The van der Waals surface area contributed by atoms with Gasteiger partial charge in [-0.2, -0.15) is 0 Å². The van der Waals surface area contributed by atoms with Gasteiger partial charge in [-0.25, -0.2) is 10.4 Å². The van der Waals surface area contributed by atoms with E-state index in [9.17, 15) is 0 Å². The van der Waals surface area contributed by atoms with Gasteiger partial charge in [0.1, 0.15) is 5.82 Å². The predicted octanol–water partition coefficient (Wildman–Crippen LogP) is 2.96. The molecule has 1 heterocycles. The van der Waals surface area contributed by atoms with Crippen molar-refractivity contribution in [2.24, 2.45) is 5.84 Å². The second-order valence-corrected chi connectivity index (χ2v) is 5.01. The number of hydrogen-bond acceptors (Lipinski definition) is 3. The lowest BCUT2D eigenvalue weighted by molar-refractivity contribution is 0.496. The van der Waals surface area contributed by atoms with Crippen LogP contribution in [0.2, 0.25) is 10.0 Å². The maximum Gasteiger partial charge on any atom is 0.127 e. The molecule has 102 valence electrons. The largest absolute Gasteiger partial charge is 0.334 e. The van der Waals surface area contributed by atoms with E-state index < -0.39 is 0 Å². The van der Waals surface area contributed by atoms with E-state index in [2.05, 4.69) is 17.3 Å². The van der Waals surface area contributed by atoms with E-state index >= 15 is 0 Å². The topological polar surface area (TPSA) is 55.9 Å². The molecule has 6 heteroatoms. The maximum absolute atomic E-state index is 6.19. The van der Waals surface area contributed by atoms with Gasteiger partial charge >= 0.3 is 0 Å². The van der Waals surface area contributed by atoms with Crippen LogP contribution >= 0.6 is 23.2 Å². The molecule has 0 radical (unpaired) electrons. The SMILES string of the molecule is CCn1ccnc1C(Cc1c(Cl)cccc1Cl)NN. The lowest BCUT2D eigenvalue weighted by Gasteiger charge is -2.18. The van der Waals surface area contributed by atoms with Crippen LogP contribution in [0.15, 0.2) is 30.6 Å². The lowest BCUT2D eigenvalue weighted by Crippen LogP contribution is -2.32. The monoisotopic (exact) mass is 298 g/mol. The summed E-state index contributed by atoms with van der Waals surface area (Å²) in [5.74, 6) is 6.52. The Labute approximate surface area is 122 Å². The molecule has 4 nitrogen and oxygen atoms in total. The van der Waals surface area contributed by atoms with E-state index in [-0.39, 0.29) is 6.04 Å². The molecular formula is C13H16Cl2N4. The number of aryl methyl sites for hydroxylation is 1. The highest BCUT2D eigenvalue weighted by Gasteiger charge is 2.18. The number of imidazole rings is 1. The normalized spacial score (nSPS) is 12.6. The summed E-state index contributed by atoms with van der Waals surface area (Å²) in [4.78, 5) is 4.35. The first-order chi connectivity index (χ1) is 9.17. The van der Waals surface area contributed by atoms with Crippen molar-refractivity contribution in [3.63, 3.8) is 0 Å². The van der Waals surface area contributed by atoms with Crippen LogP contribution in [0.4, 0.5) is 0 Å². The second kappa shape index (κ2) is 6.39. The Kier molecular flexibility index (Phi) is 4.82. The van der Waals surface area contributed by atoms with Crippen LogP contribution in [0.5, 0.6) is 0 Å². The van der Waals surface area contributed by atoms with Crippen LogP contribution < -0.4 is 11.3 Å². The van der Waals surface area contributed by atoms with Crippen LogP contribution in [0, 0.1) is 0 Å². The Morgan fingerprint density at radius 1 is 1.37 bits per heavy atom. The van der Waals surface area contributed by atoms with Crippen molar-refractivity contribution in [3.8, 4) is 0 Å². The first kappa shape index (κ1) is 14.3. The van der Waals surface area contributed by atoms with E-state index in [0.29, 0.717) is 16.5 Å². The third-order valence-corrected chi connectivity index (χ3v) is 3.78. The molecule has 2 aromatic rings. The summed E-state index contributed by atoms with van der Waals surface area (Å²) in [6.45, 7) is 2.89. The average Bonchev–Trinajstić information content (AvgIpc) is 2.87. The summed E-state index contributed by atoms with van der Waals surface area (Å²) in [5.41, 5.74) is 3.66. The number of hydrogen-bond donors (Lipinski definition) is 2. The minimum Gasteiger partial charge on any atom is -0.334 e.